The molecule has 1 saturated heterocycles. The summed E-state index contributed by atoms with van der Waals surface area (Å²) in [5.41, 5.74) is 0. The number of alkyl halides is 1. The predicted molar refractivity (Wildman–Crippen MR) is 52.6 cm³/mol. The second-order valence-electron chi connectivity index (χ2n) is 3.46. The van der Waals surface area contributed by atoms with Crippen molar-refractivity contribution in [3.8, 4) is 0 Å². The number of aliphatic hydroxyl groups is 4. The number of rotatable bonds is 3. The molecule has 1 rings (SSSR count). The molecule has 16 heavy (non-hydrogen) atoms. The maximum Gasteiger partial charge on any atom is 0.235 e. The molecule has 0 aliphatic carbocycles. The number of hydrogen-bond donors (Lipinski definition) is 5. The van der Waals surface area contributed by atoms with Gasteiger partial charge in [0.05, 0.1) is 6.61 Å². The van der Waals surface area contributed by atoms with Gasteiger partial charge in [0.25, 0.3) is 0 Å². The lowest BCUT2D eigenvalue weighted by Crippen LogP contribution is -2.64. The minimum Gasteiger partial charge on any atom is -0.394 e. The first-order valence-electron chi connectivity index (χ1n) is 4.67. The zero-order chi connectivity index (χ0) is 12.3. The topological polar surface area (TPSA) is 119 Å². The normalized spacial score (nSPS) is 39.4. The number of amides is 1. The van der Waals surface area contributed by atoms with Crippen LogP contribution in [0.25, 0.3) is 0 Å². The molecule has 0 aromatic carbocycles. The minimum atomic E-state index is -1.51. The number of aliphatic hydroxyl groups excluding tert-OH is 4. The molecule has 5 atom stereocenters. The molecule has 94 valence electrons. The SMILES string of the molecule is O=C(CCl)N[C@@H]1[C@@H](O)[C@@H](O)[C@@H](CO)O[C@H]1O. The average Bonchev–Trinajstić information content (AvgIpc) is 2.28. The van der Waals surface area contributed by atoms with Gasteiger partial charge in [-0.25, -0.2) is 0 Å². The zero-order valence-corrected chi connectivity index (χ0v) is 9.04. The number of carbonyl (C=O) groups excluding carboxylic acids is 1. The molecule has 1 heterocycles. The van der Waals surface area contributed by atoms with E-state index in [1.54, 1.807) is 0 Å². The Balaban J connectivity index is 2.67. The van der Waals surface area contributed by atoms with Crippen LogP contribution in [0.5, 0.6) is 0 Å². The van der Waals surface area contributed by atoms with Gasteiger partial charge in [0.2, 0.25) is 5.91 Å². The van der Waals surface area contributed by atoms with E-state index in [2.05, 4.69) is 5.32 Å². The highest BCUT2D eigenvalue weighted by atomic mass is 35.5. The van der Waals surface area contributed by atoms with Crippen LogP contribution >= 0.6 is 11.6 Å². The van der Waals surface area contributed by atoms with Crippen molar-refractivity contribution < 1.29 is 30.0 Å². The van der Waals surface area contributed by atoms with E-state index in [1.165, 1.54) is 0 Å². The standard InChI is InChI=1S/C8H14ClNO6/c9-1-4(12)10-5-7(14)6(13)3(2-11)16-8(5)15/h3,5-8,11,13-15H,1-2H2,(H,10,12)/t3-,5-,6+,7-,8-/m1/s1. The van der Waals surface area contributed by atoms with Crippen molar-refractivity contribution in [1.29, 1.82) is 0 Å². The second-order valence-corrected chi connectivity index (χ2v) is 3.72. The van der Waals surface area contributed by atoms with E-state index in [0.29, 0.717) is 0 Å². The molecule has 0 bridgehead atoms. The van der Waals surface area contributed by atoms with Gasteiger partial charge in [-0.05, 0) is 0 Å². The third-order valence-electron chi connectivity index (χ3n) is 2.35. The lowest BCUT2D eigenvalue weighted by atomic mass is 9.97. The summed E-state index contributed by atoms with van der Waals surface area (Å²) in [6.45, 7) is -0.550. The highest BCUT2D eigenvalue weighted by Gasteiger charge is 2.44. The van der Waals surface area contributed by atoms with Gasteiger partial charge in [-0.1, -0.05) is 0 Å². The minimum absolute atomic E-state index is 0.338. The number of ether oxygens (including phenoxy) is 1. The number of nitrogens with one attached hydrogen (secondary N) is 1. The van der Waals surface area contributed by atoms with Crippen molar-refractivity contribution in [3.63, 3.8) is 0 Å². The molecule has 8 heteroatoms. The molecule has 0 saturated carbocycles. The van der Waals surface area contributed by atoms with Gasteiger partial charge in [0.1, 0.15) is 30.2 Å². The van der Waals surface area contributed by atoms with Gasteiger partial charge in [0, 0.05) is 0 Å². The first kappa shape index (κ1) is 13.6. The van der Waals surface area contributed by atoms with Crippen LogP contribution in [-0.4, -0.2) is 69.5 Å². The molecule has 7 nitrogen and oxygen atoms in total. The maximum atomic E-state index is 11.0. The van der Waals surface area contributed by atoms with E-state index in [4.69, 9.17) is 21.4 Å². The van der Waals surface area contributed by atoms with Crippen LogP contribution in [0, 0.1) is 0 Å². The lowest BCUT2D eigenvalue weighted by Gasteiger charge is -2.40. The maximum absolute atomic E-state index is 11.0. The largest absolute Gasteiger partial charge is 0.394 e. The number of hydrogen-bond acceptors (Lipinski definition) is 6. The first-order chi connectivity index (χ1) is 7.51. The summed E-state index contributed by atoms with van der Waals surface area (Å²) < 4.78 is 4.81. The molecule has 1 aliphatic heterocycles. The van der Waals surface area contributed by atoms with Crippen molar-refractivity contribution in [2.75, 3.05) is 12.5 Å². The third-order valence-corrected chi connectivity index (χ3v) is 2.59. The van der Waals surface area contributed by atoms with E-state index in [-0.39, 0.29) is 5.88 Å². The molecule has 1 amide bonds. The van der Waals surface area contributed by atoms with Crippen molar-refractivity contribution in [3.05, 3.63) is 0 Å². The Bertz CT molecular complexity index is 253. The van der Waals surface area contributed by atoms with E-state index in [0.717, 1.165) is 0 Å². The highest BCUT2D eigenvalue weighted by molar-refractivity contribution is 6.27. The van der Waals surface area contributed by atoms with Gasteiger partial charge in [-0.2, -0.15) is 0 Å². The third kappa shape index (κ3) is 2.82. The molecule has 0 radical (unpaired) electrons. The summed E-state index contributed by atoms with van der Waals surface area (Å²) in [7, 11) is 0. The van der Waals surface area contributed by atoms with E-state index >= 15 is 0 Å². The molecule has 5 N–H and O–H groups in total. The molecule has 1 aliphatic rings. The van der Waals surface area contributed by atoms with Gasteiger partial charge in [-0.15, -0.1) is 11.6 Å². The summed E-state index contributed by atoms with van der Waals surface area (Å²) >= 11 is 5.24. The van der Waals surface area contributed by atoms with Crippen LogP contribution in [0.15, 0.2) is 0 Å². The fourth-order valence-electron chi connectivity index (χ4n) is 1.48. The van der Waals surface area contributed by atoms with Crippen molar-refractivity contribution in [1.82, 2.24) is 5.32 Å². The zero-order valence-electron chi connectivity index (χ0n) is 8.28. The van der Waals surface area contributed by atoms with Gasteiger partial charge >= 0.3 is 0 Å². The van der Waals surface area contributed by atoms with E-state index in [9.17, 15) is 20.1 Å². The molecule has 0 aromatic heterocycles. The molecule has 1 fully saturated rings. The van der Waals surface area contributed by atoms with Crippen molar-refractivity contribution in [2.24, 2.45) is 0 Å². The highest BCUT2D eigenvalue weighted by Crippen LogP contribution is 2.19. The summed E-state index contributed by atoms with van der Waals surface area (Å²) in [4.78, 5) is 11.0. The van der Waals surface area contributed by atoms with Crippen molar-refractivity contribution >= 4 is 17.5 Å². The smallest absolute Gasteiger partial charge is 0.235 e. The molecule has 0 aromatic rings. The predicted octanol–water partition coefficient (Wildman–Crippen LogP) is -2.86. The Hall–Kier alpha value is -0.440. The van der Waals surface area contributed by atoms with E-state index in [1.807, 2.05) is 0 Å². The molecule has 0 spiro atoms. The summed E-state index contributed by atoms with van der Waals surface area (Å²) in [5, 5.41) is 39.5. The summed E-state index contributed by atoms with van der Waals surface area (Å²) in [5.74, 6) is -0.946. The van der Waals surface area contributed by atoms with Crippen LogP contribution < -0.4 is 5.32 Å². The number of halogens is 1. The fraction of sp³-hybridized carbons (Fsp3) is 0.875. The molecular weight excluding hydrogens is 242 g/mol. The van der Waals surface area contributed by atoms with Crippen LogP contribution in [0.1, 0.15) is 0 Å². The monoisotopic (exact) mass is 255 g/mol. The van der Waals surface area contributed by atoms with Crippen LogP contribution in [0.4, 0.5) is 0 Å². The quantitative estimate of drug-likeness (QED) is 0.346. The average molecular weight is 256 g/mol. The van der Waals surface area contributed by atoms with Crippen molar-refractivity contribution in [2.45, 2.75) is 30.6 Å². The second kappa shape index (κ2) is 5.76. The summed E-state index contributed by atoms with van der Waals surface area (Å²) in [6, 6.07) is -1.18. The number of carbonyl (C=O) groups is 1. The van der Waals surface area contributed by atoms with Gasteiger partial charge in [-0.3, -0.25) is 4.79 Å². The van der Waals surface area contributed by atoms with Crippen LogP contribution in [0.2, 0.25) is 0 Å². The Morgan fingerprint density at radius 3 is 2.44 bits per heavy atom. The Kier molecular flexibility index (Phi) is 4.90. The van der Waals surface area contributed by atoms with Gasteiger partial charge < -0.3 is 30.5 Å². The molecular formula is C8H14ClNO6. The lowest BCUT2D eigenvalue weighted by molar-refractivity contribution is -0.253. The Morgan fingerprint density at radius 1 is 1.31 bits per heavy atom. The van der Waals surface area contributed by atoms with Crippen LogP contribution in [0.3, 0.4) is 0 Å². The van der Waals surface area contributed by atoms with Crippen LogP contribution in [-0.2, 0) is 9.53 Å². The summed E-state index contributed by atoms with van der Waals surface area (Å²) in [6.07, 6.45) is -5.43. The van der Waals surface area contributed by atoms with E-state index < -0.39 is 43.2 Å². The fourth-order valence-corrected chi connectivity index (χ4v) is 1.55. The first-order valence-corrected chi connectivity index (χ1v) is 5.20. The Labute approximate surface area is 96.6 Å². The molecule has 0 unspecified atom stereocenters. The van der Waals surface area contributed by atoms with Gasteiger partial charge in [0.15, 0.2) is 6.29 Å². The Morgan fingerprint density at radius 2 is 1.94 bits per heavy atom.